The summed E-state index contributed by atoms with van der Waals surface area (Å²) in [6.07, 6.45) is 4.96. The summed E-state index contributed by atoms with van der Waals surface area (Å²) in [5.74, 6) is 1.25. The molecule has 3 unspecified atom stereocenters. The van der Waals surface area contributed by atoms with Crippen molar-refractivity contribution in [2.45, 2.75) is 43.6 Å². The van der Waals surface area contributed by atoms with E-state index in [1.807, 2.05) is 0 Å². The molecule has 0 heterocycles. The van der Waals surface area contributed by atoms with E-state index in [0.717, 1.165) is 32.1 Å². The van der Waals surface area contributed by atoms with Crippen LogP contribution in [0.3, 0.4) is 0 Å². The minimum Gasteiger partial charge on any atom is -0.388 e. The second kappa shape index (κ2) is 4.32. The standard InChI is InChI=1S/C17H21NO2/c19-16(18-10-17(20)8-3-9-17)15-13-7-6-11-4-1-2-5-12(11)14(13)15/h1-2,4-5,13-15,20H,3,6-10H2,(H,18,19). The van der Waals surface area contributed by atoms with Gasteiger partial charge in [0.1, 0.15) is 0 Å². The van der Waals surface area contributed by atoms with Crippen LogP contribution in [0.15, 0.2) is 24.3 Å². The lowest BCUT2D eigenvalue weighted by Crippen LogP contribution is -2.48. The third-order valence-corrected chi connectivity index (χ3v) is 5.51. The second-order valence-electron chi connectivity index (χ2n) is 6.75. The molecule has 3 heteroatoms. The van der Waals surface area contributed by atoms with Gasteiger partial charge in [0.2, 0.25) is 5.91 Å². The second-order valence-corrected chi connectivity index (χ2v) is 6.75. The quantitative estimate of drug-likeness (QED) is 0.883. The maximum atomic E-state index is 12.3. The number of benzene rings is 1. The fraction of sp³-hybridized carbons (Fsp3) is 0.588. The predicted molar refractivity (Wildman–Crippen MR) is 76.3 cm³/mol. The molecule has 2 saturated carbocycles. The molecule has 3 nitrogen and oxygen atoms in total. The van der Waals surface area contributed by atoms with Gasteiger partial charge in [-0.15, -0.1) is 0 Å². The van der Waals surface area contributed by atoms with Crippen LogP contribution < -0.4 is 5.32 Å². The van der Waals surface area contributed by atoms with Gasteiger partial charge >= 0.3 is 0 Å². The Bertz CT molecular complexity index is 550. The van der Waals surface area contributed by atoms with Gasteiger partial charge in [-0.25, -0.2) is 0 Å². The number of aliphatic hydroxyl groups is 1. The molecule has 106 valence electrons. The third-order valence-electron chi connectivity index (χ3n) is 5.51. The van der Waals surface area contributed by atoms with E-state index in [4.69, 9.17) is 0 Å². The predicted octanol–water partition coefficient (Wildman–Crippen LogP) is 1.99. The maximum absolute atomic E-state index is 12.3. The van der Waals surface area contributed by atoms with Crippen molar-refractivity contribution in [1.29, 1.82) is 0 Å². The van der Waals surface area contributed by atoms with Gasteiger partial charge in [-0.3, -0.25) is 4.79 Å². The summed E-state index contributed by atoms with van der Waals surface area (Å²) in [6, 6.07) is 8.53. The van der Waals surface area contributed by atoms with E-state index in [-0.39, 0.29) is 11.8 Å². The number of nitrogens with one attached hydrogen (secondary N) is 1. The summed E-state index contributed by atoms with van der Waals surface area (Å²) in [5.41, 5.74) is 2.18. The molecular weight excluding hydrogens is 250 g/mol. The summed E-state index contributed by atoms with van der Waals surface area (Å²) in [6.45, 7) is 0.434. The fourth-order valence-electron chi connectivity index (χ4n) is 4.05. The highest BCUT2D eigenvalue weighted by Crippen LogP contribution is 2.59. The number of hydrogen-bond acceptors (Lipinski definition) is 2. The first-order chi connectivity index (χ1) is 9.68. The average Bonchev–Trinajstić information content (AvgIpc) is 3.17. The van der Waals surface area contributed by atoms with Crippen LogP contribution in [0.5, 0.6) is 0 Å². The number of carbonyl (C=O) groups excluding carboxylic acids is 1. The lowest BCUT2D eigenvalue weighted by molar-refractivity contribution is -0.125. The largest absolute Gasteiger partial charge is 0.388 e. The summed E-state index contributed by atoms with van der Waals surface area (Å²) < 4.78 is 0. The first kappa shape index (κ1) is 12.4. The van der Waals surface area contributed by atoms with Crippen molar-refractivity contribution in [2.24, 2.45) is 11.8 Å². The smallest absolute Gasteiger partial charge is 0.224 e. The van der Waals surface area contributed by atoms with Gasteiger partial charge in [0.15, 0.2) is 0 Å². The molecule has 1 aromatic rings. The minimum atomic E-state index is -0.617. The lowest BCUT2D eigenvalue weighted by Gasteiger charge is -2.36. The van der Waals surface area contributed by atoms with Crippen molar-refractivity contribution in [1.82, 2.24) is 5.32 Å². The Balaban J connectivity index is 1.43. The van der Waals surface area contributed by atoms with Gasteiger partial charge in [-0.05, 0) is 55.1 Å². The van der Waals surface area contributed by atoms with Crippen LogP contribution in [0.25, 0.3) is 0 Å². The number of fused-ring (bicyclic) bond motifs is 3. The number of carbonyl (C=O) groups is 1. The normalized spacial score (nSPS) is 32.5. The first-order valence-electron chi connectivity index (χ1n) is 7.76. The molecule has 2 fully saturated rings. The monoisotopic (exact) mass is 271 g/mol. The summed E-state index contributed by atoms with van der Waals surface area (Å²) in [4.78, 5) is 12.3. The van der Waals surface area contributed by atoms with Crippen LogP contribution in [0.2, 0.25) is 0 Å². The van der Waals surface area contributed by atoms with E-state index in [1.54, 1.807) is 0 Å². The van der Waals surface area contributed by atoms with Crippen LogP contribution >= 0.6 is 0 Å². The van der Waals surface area contributed by atoms with Crippen molar-refractivity contribution >= 4 is 5.91 Å². The zero-order valence-corrected chi connectivity index (χ0v) is 11.6. The molecule has 0 saturated heterocycles. The maximum Gasteiger partial charge on any atom is 0.224 e. The molecule has 0 aliphatic heterocycles. The molecule has 0 aromatic heterocycles. The van der Waals surface area contributed by atoms with Gasteiger partial charge in [-0.2, -0.15) is 0 Å². The fourth-order valence-corrected chi connectivity index (χ4v) is 4.05. The molecule has 0 radical (unpaired) electrons. The van der Waals surface area contributed by atoms with Crippen molar-refractivity contribution in [3.63, 3.8) is 0 Å². The number of rotatable bonds is 3. The van der Waals surface area contributed by atoms with Gasteiger partial charge in [-0.1, -0.05) is 24.3 Å². The third kappa shape index (κ3) is 1.87. The highest BCUT2D eigenvalue weighted by Gasteiger charge is 2.57. The Morgan fingerprint density at radius 3 is 2.90 bits per heavy atom. The molecule has 1 amide bonds. The Morgan fingerprint density at radius 1 is 1.35 bits per heavy atom. The van der Waals surface area contributed by atoms with E-state index in [0.29, 0.717) is 18.4 Å². The Morgan fingerprint density at radius 2 is 2.15 bits per heavy atom. The Kier molecular flexibility index (Phi) is 2.68. The van der Waals surface area contributed by atoms with Crippen LogP contribution in [-0.2, 0) is 11.2 Å². The van der Waals surface area contributed by atoms with Crippen molar-refractivity contribution in [3.8, 4) is 0 Å². The highest BCUT2D eigenvalue weighted by atomic mass is 16.3. The summed E-state index contributed by atoms with van der Waals surface area (Å²) in [5, 5.41) is 13.0. The van der Waals surface area contributed by atoms with Gasteiger partial charge in [0.05, 0.1) is 5.60 Å². The molecule has 3 aliphatic rings. The van der Waals surface area contributed by atoms with Crippen molar-refractivity contribution in [2.75, 3.05) is 6.54 Å². The molecule has 3 aliphatic carbocycles. The molecule has 0 bridgehead atoms. The zero-order chi connectivity index (χ0) is 13.7. The van der Waals surface area contributed by atoms with Crippen LogP contribution in [0.4, 0.5) is 0 Å². The molecule has 1 aromatic carbocycles. The first-order valence-corrected chi connectivity index (χ1v) is 7.76. The molecule has 2 N–H and O–H groups in total. The Hall–Kier alpha value is -1.35. The molecule has 4 rings (SSSR count). The van der Waals surface area contributed by atoms with E-state index >= 15 is 0 Å². The average molecular weight is 271 g/mol. The van der Waals surface area contributed by atoms with Gasteiger partial charge in [0, 0.05) is 12.5 Å². The van der Waals surface area contributed by atoms with Crippen molar-refractivity contribution in [3.05, 3.63) is 35.4 Å². The topological polar surface area (TPSA) is 49.3 Å². The number of amides is 1. The molecule has 0 spiro atoms. The van der Waals surface area contributed by atoms with E-state index < -0.39 is 5.60 Å². The van der Waals surface area contributed by atoms with Crippen LogP contribution in [0, 0.1) is 11.8 Å². The van der Waals surface area contributed by atoms with Gasteiger partial charge in [0.25, 0.3) is 0 Å². The van der Waals surface area contributed by atoms with Crippen LogP contribution in [0.1, 0.15) is 42.7 Å². The van der Waals surface area contributed by atoms with E-state index in [1.165, 1.54) is 11.1 Å². The Labute approximate surface area is 119 Å². The number of aryl methyl sites for hydroxylation is 1. The molecule has 3 atom stereocenters. The van der Waals surface area contributed by atoms with Crippen molar-refractivity contribution < 1.29 is 9.90 Å². The molecular formula is C17H21NO2. The van der Waals surface area contributed by atoms with E-state index in [9.17, 15) is 9.90 Å². The zero-order valence-electron chi connectivity index (χ0n) is 11.6. The lowest BCUT2D eigenvalue weighted by atomic mass is 9.80. The summed E-state index contributed by atoms with van der Waals surface area (Å²) >= 11 is 0. The SMILES string of the molecule is O=C(NCC1(O)CCC1)C1C2CCc3ccccc3C21. The van der Waals surface area contributed by atoms with Crippen LogP contribution in [-0.4, -0.2) is 23.2 Å². The van der Waals surface area contributed by atoms with E-state index in [2.05, 4.69) is 29.6 Å². The highest BCUT2D eigenvalue weighted by molar-refractivity contribution is 5.84. The number of hydrogen-bond donors (Lipinski definition) is 2. The minimum absolute atomic E-state index is 0.141. The molecule has 20 heavy (non-hydrogen) atoms. The van der Waals surface area contributed by atoms with Gasteiger partial charge < -0.3 is 10.4 Å². The summed E-state index contributed by atoms with van der Waals surface area (Å²) in [7, 11) is 0.